The van der Waals surface area contributed by atoms with Crippen LogP contribution in [0.5, 0.6) is 0 Å². The molecular formula is C57H38FN5Si. The van der Waals surface area contributed by atoms with Gasteiger partial charge in [-0.05, 0) is 86.7 Å². The Morgan fingerprint density at radius 3 is 1.83 bits per heavy atom. The summed E-state index contributed by atoms with van der Waals surface area (Å²) < 4.78 is 22.3. The number of hydrogen-bond donors (Lipinski definition) is 0. The lowest BCUT2D eigenvalue weighted by atomic mass is 9.97. The average Bonchev–Trinajstić information content (AvgIpc) is 4.01. The average molecular weight is 840 g/mol. The molecule has 13 rings (SSSR count). The molecule has 1 aliphatic rings. The molecule has 302 valence electrons. The molecule has 64 heavy (non-hydrogen) atoms. The molecule has 0 saturated carbocycles. The molecule has 1 atom stereocenters. The van der Waals surface area contributed by atoms with E-state index in [0.29, 0.717) is 11.1 Å². The number of imidazole rings is 1. The van der Waals surface area contributed by atoms with Gasteiger partial charge in [0.05, 0.1) is 22.2 Å². The molecule has 4 aromatic heterocycles. The van der Waals surface area contributed by atoms with Crippen molar-refractivity contribution in [3.8, 4) is 5.69 Å². The number of halogens is 1. The molecule has 0 bridgehead atoms. The number of anilines is 3. The van der Waals surface area contributed by atoms with E-state index in [0.717, 1.165) is 61.2 Å². The molecule has 5 nitrogen and oxygen atoms in total. The predicted octanol–water partition coefficient (Wildman–Crippen LogP) is 11.4. The number of nitrogens with zero attached hydrogens (tertiary/aromatic N) is 5. The molecule has 0 fully saturated rings. The zero-order valence-corrected chi connectivity index (χ0v) is 35.6. The molecule has 0 saturated heterocycles. The topological polar surface area (TPSA) is 38.4 Å². The second-order valence-electron chi connectivity index (χ2n) is 16.6. The Labute approximate surface area is 369 Å². The first-order chi connectivity index (χ1) is 31.7. The Morgan fingerprint density at radius 2 is 1.09 bits per heavy atom. The van der Waals surface area contributed by atoms with Crippen molar-refractivity contribution in [2.45, 2.75) is 6.17 Å². The first-order valence-electron chi connectivity index (χ1n) is 21.7. The van der Waals surface area contributed by atoms with E-state index in [-0.39, 0.29) is 0 Å². The second-order valence-corrected chi connectivity index (χ2v) is 20.3. The lowest BCUT2D eigenvalue weighted by Gasteiger charge is -2.45. The SMILES string of the molecule is FC(c1ccc2c(c1)N(c1ccccn1)c1ccc3c4ccccc4n(-c4ccccc4)c3c1[Si]2(c1ccccc1)c1ccccc1)c1ccc2c3ccccc3n3ccnc3c2c1. The molecule has 5 heterocycles. The van der Waals surface area contributed by atoms with Crippen LogP contribution in [0, 0.1) is 0 Å². The monoisotopic (exact) mass is 839 g/mol. The first kappa shape index (κ1) is 36.5. The van der Waals surface area contributed by atoms with Gasteiger partial charge in [0.15, 0.2) is 14.2 Å². The summed E-state index contributed by atoms with van der Waals surface area (Å²) in [6.45, 7) is 0. The number of hydrogen-bond acceptors (Lipinski definition) is 3. The minimum Gasteiger partial charge on any atom is -0.309 e. The fraction of sp³-hybridized carbons (Fsp3) is 0.0175. The normalized spacial score (nSPS) is 13.7. The van der Waals surface area contributed by atoms with Crippen LogP contribution in [0.25, 0.3) is 54.8 Å². The van der Waals surface area contributed by atoms with Crippen molar-refractivity contribution in [1.29, 1.82) is 0 Å². The van der Waals surface area contributed by atoms with Crippen LogP contribution >= 0.6 is 0 Å². The number of rotatable bonds is 6. The van der Waals surface area contributed by atoms with Crippen molar-refractivity contribution in [1.82, 2.24) is 18.9 Å². The Hall–Kier alpha value is -8.13. The van der Waals surface area contributed by atoms with E-state index >= 15 is 4.39 Å². The molecule has 0 N–H and O–H groups in total. The maximum atomic E-state index is 17.8. The lowest BCUT2D eigenvalue weighted by Crippen LogP contribution is -2.77. The van der Waals surface area contributed by atoms with Crippen LogP contribution in [0.3, 0.4) is 0 Å². The third-order valence-electron chi connectivity index (χ3n) is 13.4. The van der Waals surface area contributed by atoms with Crippen molar-refractivity contribution in [3.05, 3.63) is 236 Å². The summed E-state index contributed by atoms with van der Waals surface area (Å²) in [6.07, 6.45) is 4.22. The Kier molecular flexibility index (Phi) is 8.10. The van der Waals surface area contributed by atoms with Gasteiger partial charge in [-0.3, -0.25) is 9.30 Å². The zero-order valence-electron chi connectivity index (χ0n) is 34.6. The van der Waals surface area contributed by atoms with Crippen LogP contribution in [0.1, 0.15) is 17.3 Å². The van der Waals surface area contributed by atoms with E-state index in [4.69, 9.17) is 9.97 Å². The van der Waals surface area contributed by atoms with Crippen LogP contribution < -0.4 is 25.6 Å². The minimum absolute atomic E-state index is 0.575. The standard InChI is InChI=1S/C57H38FN5Si/c58-54(38-27-29-43-44-22-10-12-24-48(44)61-35-34-60-57(61)47(43)36-38)39-28-32-52-51(37-39)63(53-26-14-15-33-59-53)50-31-30-46-45-23-11-13-25-49(45)62(40-16-4-1-5-17-40)55(46)56(50)64(52,41-18-6-2-7-19-41)42-20-8-3-9-21-42/h1-37,54H. The number of benzene rings is 8. The minimum atomic E-state index is -3.29. The highest BCUT2D eigenvalue weighted by Gasteiger charge is 2.51. The van der Waals surface area contributed by atoms with Crippen LogP contribution in [-0.4, -0.2) is 27.0 Å². The Bertz CT molecular complexity index is 3720. The van der Waals surface area contributed by atoms with E-state index in [2.05, 4.69) is 184 Å². The summed E-state index contributed by atoms with van der Waals surface area (Å²) in [5.74, 6) is 0.766. The summed E-state index contributed by atoms with van der Waals surface area (Å²) >= 11 is 0. The highest BCUT2D eigenvalue weighted by atomic mass is 28.3. The van der Waals surface area contributed by atoms with Crippen LogP contribution in [0.2, 0.25) is 0 Å². The van der Waals surface area contributed by atoms with E-state index in [1.54, 1.807) is 0 Å². The zero-order chi connectivity index (χ0) is 42.4. The van der Waals surface area contributed by atoms with E-state index < -0.39 is 14.2 Å². The number of alkyl halides is 1. The van der Waals surface area contributed by atoms with Gasteiger partial charge in [0.1, 0.15) is 11.5 Å². The molecule has 1 aliphatic heterocycles. The highest BCUT2D eigenvalue weighted by Crippen LogP contribution is 2.44. The van der Waals surface area contributed by atoms with Crippen LogP contribution in [-0.2, 0) is 0 Å². The van der Waals surface area contributed by atoms with Crippen molar-refractivity contribution in [3.63, 3.8) is 0 Å². The second kappa shape index (κ2) is 14.2. The number of para-hydroxylation sites is 3. The van der Waals surface area contributed by atoms with Gasteiger partial charge in [-0.2, -0.15) is 0 Å². The summed E-state index contributed by atoms with van der Waals surface area (Å²) in [6, 6.07) is 72.8. The smallest absolute Gasteiger partial charge is 0.186 e. The first-order valence-corrected chi connectivity index (χ1v) is 23.7. The van der Waals surface area contributed by atoms with Gasteiger partial charge < -0.3 is 4.57 Å². The predicted molar refractivity (Wildman–Crippen MR) is 264 cm³/mol. The molecule has 0 amide bonds. The van der Waals surface area contributed by atoms with Gasteiger partial charge in [-0.15, -0.1) is 0 Å². The Morgan fingerprint density at radius 1 is 0.469 bits per heavy atom. The van der Waals surface area contributed by atoms with Crippen molar-refractivity contribution < 1.29 is 4.39 Å². The highest BCUT2D eigenvalue weighted by molar-refractivity contribution is 7.22. The third-order valence-corrected chi connectivity index (χ3v) is 18.2. The van der Waals surface area contributed by atoms with Gasteiger partial charge in [-0.1, -0.05) is 152 Å². The maximum Gasteiger partial charge on any atom is 0.186 e. The molecular weight excluding hydrogens is 802 g/mol. The lowest BCUT2D eigenvalue weighted by molar-refractivity contribution is 0.402. The fourth-order valence-corrected chi connectivity index (χ4v) is 16.0. The van der Waals surface area contributed by atoms with Crippen molar-refractivity contribution >= 4 is 95.1 Å². The van der Waals surface area contributed by atoms with Gasteiger partial charge in [0.25, 0.3) is 0 Å². The molecule has 12 aromatic rings. The van der Waals surface area contributed by atoms with Crippen molar-refractivity contribution in [2.75, 3.05) is 4.90 Å². The maximum absolute atomic E-state index is 17.8. The summed E-state index contributed by atoms with van der Waals surface area (Å²) in [5, 5.41) is 10.4. The largest absolute Gasteiger partial charge is 0.309 e. The molecule has 0 spiro atoms. The van der Waals surface area contributed by atoms with Crippen molar-refractivity contribution in [2.24, 2.45) is 0 Å². The van der Waals surface area contributed by atoms with Gasteiger partial charge in [0.2, 0.25) is 0 Å². The summed E-state index contributed by atoms with van der Waals surface area (Å²) in [4.78, 5) is 12.1. The summed E-state index contributed by atoms with van der Waals surface area (Å²) in [7, 11) is -3.29. The molecule has 0 radical (unpaired) electrons. The van der Waals surface area contributed by atoms with Gasteiger partial charge in [-0.25, -0.2) is 14.4 Å². The molecule has 0 aliphatic carbocycles. The van der Waals surface area contributed by atoms with Gasteiger partial charge in [0, 0.05) is 56.7 Å². The quantitative estimate of drug-likeness (QED) is 0.124. The summed E-state index contributed by atoms with van der Waals surface area (Å²) in [5.41, 5.74) is 8.39. The van der Waals surface area contributed by atoms with E-state index in [1.807, 2.05) is 55.0 Å². The molecule has 8 aromatic carbocycles. The Balaban J connectivity index is 1.14. The number of pyridine rings is 2. The van der Waals surface area contributed by atoms with Crippen LogP contribution in [0.15, 0.2) is 225 Å². The molecule has 1 unspecified atom stereocenters. The third kappa shape index (κ3) is 5.16. The number of aromatic nitrogens is 4. The van der Waals surface area contributed by atoms with Crippen LogP contribution in [0.4, 0.5) is 21.6 Å². The van der Waals surface area contributed by atoms with Gasteiger partial charge >= 0.3 is 0 Å². The molecule has 7 heteroatoms. The number of fused-ring (bicyclic) bond motifs is 12. The fourth-order valence-electron chi connectivity index (χ4n) is 10.7. The van der Waals surface area contributed by atoms with E-state index in [9.17, 15) is 0 Å². The van der Waals surface area contributed by atoms with E-state index in [1.165, 1.54) is 31.5 Å².